The highest BCUT2D eigenvalue weighted by Crippen LogP contribution is 2.28. The first-order chi connectivity index (χ1) is 18.5. The van der Waals surface area contributed by atoms with E-state index >= 15 is 0 Å². The van der Waals surface area contributed by atoms with Crippen molar-refractivity contribution in [3.63, 3.8) is 0 Å². The SMILES string of the molecule is CCN(C(=O)c1ccc(NC(=S)NC(=O)Cc2cccc3ccccc23)cc1)c1cccc2ccccc12. The van der Waals surface area contributed by atoms with E-state index < -0.39 is 0 Å². The van der Waals surface area contributed by atoms with Gasteiger partial charge in [0.2, 0.25) is 5.91 Å². The molecule has 2 amide bonds. The Morgan fingerprint density at radius 1 is 0.737 bits per heavy atom. The molecule has 0 spiro atoms. The molecule has 0 bridgehead atoms. The summed E-state index contributed by atoms with van der Waals surface area (Å²) in [6, 6.07) is 35.0. The molecule has 0 atom stereocenters. The van der Waals surface area contributed by atoms with Gasteiger partial charge < -0.3 is 15.5 Å². The molecular weight excluding hydrogens is 490 g/mol. The number of hydrogen-bond acceptors (Lipinski definition) is 3. The number of rotatable bonds is 6. The number of benzene rings is 5. The molecule has 0 aliphatic rings. The van der Waals surface area contributed by atoms with E-state index in [1.165, 1.54) is 0 Å². The molecule has 5 aromatic carbocycles. The van der Waals surface area contributed by atoms with Crippen LogP contribution in [0.15, 0.2) is 109 Å². The maximum Gasteiger partial charge on any atom is 0.258 e. The van der Waals surface area contributed by atoms with E-state index in [1.54, 1.807) is 29.2 Å². The summed E-state index contributed by atoms with van der Waals surface area (Å²) in [6.45, 7) is 2.51. The van der Waals surface area contributed by atoms with Crippen LogP contribution < -0.4 is 15.5 Å². The number of hydrogen-bond donors (Lipinski definition) is 2. The molecule has 0 aliphatic carbocycles. The maximum atomic E-state index is 13.4. The summed E-state index contributed by atoms with van der Waals surface area (Å²) >= 11 is 5.36. The minimum absolute atomic E-state index is 0.0821. The minimum atomic E-state index is -0.195. The maximum absolute atomic E-state index is 13.4. The van der Waals surface area contributed by atoms with E-state index in [1.807, 2.05) is 91.9 Å². The van der Waals surface area contributed by atoms with Crippen LogP contribution in [0.5, 0.6) is 0 Å². The number of thiocarbonyl (C=S) groups is 1. The molecule has 6 heteroatoms. The zero-order chi connectivity index (χ0) is 26.5. The van der Waals surface area contributed by atoms with E-state index in [-0.39, 0.29) is 23.3 Å². The summed E-state index contributed by atoms with van der Waals surface area (Å²) in [4.78, 5) is 27.8. The van der Waals surface area contributed by atoms with Gasteiger partial charge in [-0.3, -0.25) is 9.59 Å². The van der Waals surface area contributed by atoms with Gasteiger partial charge in [0, 0.05) is 23.2 Å². The lowest BCUT2D eigenvalue weighted by atomic mass is 10.0. The lowest BCUT2D eigenvalue weighted by molar-refractivity contribution is -0.119. The molecule has 0 unspecified atom stereocenters. The van der Waals surface area contributed by atoms with Crippen molar-refractivity contribution in [2.45, 2.75) is 13.3 Å². The van der Waals surface area contributed by atoms with Crippen LogP contribution in [0.2, 0.25) is 0 Å². The van der Waals surface area contributed by atoms with Gasteiger partial charge in [-0.2, -0.15) is 0 Å². The zero-order valence-electron chi connectivity index (χ0n) is 21.0. The van der Waals surface area contributed by atoms with Crippen molar-refractivity contribution < 1.29 is 9.59 Å². The molecule has 38 heavy (non-hydrogen) atoms. The topological polar surface area (TPSA) is 61.4 Å². The van der Waals surface area contributed by atoms with Gasteiger partial charge in [0.05, 0.1) is 12.1 Å². The second-order valence-electron chi connectivity index (χ2n) is 8.94. The van der Waals surface area contributed by atoms with Crippen LogP contribution >= 0.6 is 12.2 Å². The largest absolute Gasteiger partial charge is 0.332 e. The van der Waals surface area contributed by atoms with Crippen molar-refractivity contribution in [1.29, 1.82) is 0 Å². The summed E-state index contributed by atoms with van der Waals surface area (Å²) in [5, 5.41) is 10.3. The van der Waals surface area contributed by atoms with Crippen LogP contribution in [0.3, 0.4) is 0 Å². The van der Waals surface area contributed by atoms with Crippen LogP contribution in [0.4, 0.5) is 11.4 Å². The summed E-state index contributed by atoms with van der Waals surface area (Å²) in [7, 11) is 0. The molecule has 0 radical (unpaired) electrons. The number of nitrogens with zero attached hydrogens (tertiary/aromatic N) is 1. The molecular formula is C32H27N3O2S. The van der Waals surface area contributed by atoms with Gasteiger partial charge in [-0.05, 0) is 71.2 Å². The number of anilines is 2. The van der Waals surface area contributed by atoms with Gasteiger partial charge in [-0.15, -0.1) is 0 Å². The molecule has 5 nitrogen and oxygen atoms in total. The quantitative estimate of drug-likeness (QED) is 0.246. The van der Waals surface area contributed by atoms with Crippen LogP contribution in [-0.2, 0) is 11.2 Å². The minimum Gasteiger partial charge on any atom is -0.332 e. The first-order valence-electron chi connectivity index (χ1n) is 12.5. The fourth-order valence-electron chi connectivity index (χ4n) is 4.67. The highest BCUT2D eigenvalue weighted by atomic mass is 32.1. The average Bonchev–Trinajstić information content (AvgIpc) is 2.94. The standard InChI is InChI=1S/C32H27N3O2S/c1-2-35(29-16-8-12-23-10-4-6-15-28(23)29)31(37)24-17-19-26(20-18-24)33-32(38)34-30(36)21-25-13-7-11-22-9-3-5-14-27(22)25/h3-20H,2,21H2,1H3,(H2,33,34,36,38). The van der Waals surface area contributed by atoms with Gasteiger partial charge >= 0.3 is 0 Å². The monoisotopic (exact) mass is 517 g/mol. The first kappa shape index (κ1) is 25.1. The first-order valence-corrected chi connectivity index (χ1v) is 12.9. The molecule has 188 valence electrons. The van der Waals surface area contributed by atoms with E-state index in [9.17, 15) is 9.59 Å². The Hall–Kier alpha value is -4.55. The van der Waals surface area contributed by atoms with Crippen LogP contribution in [0, 0.1) is 0 Å². The van der Waals surface area contributed by atoms with Crippen molar-refractivity contribution in [1.82, 2.24) is 5.32 Å². The van der Waals surface area contributed by atoms with Gasteiger partial charge in [-0.25, -0.2) is 0 Å². The normalized spacial score (nSPS) is 10.8. The van der Waals surface area contributed by atoms with E-state index in [0.29, 0.717) is 17.8 Å². The number of nitrogens with one attached hydrogen (secondary N) is 2. The molecule has 0 saturated heterocycles. The smallest absolute Gasteiger partial charge is 0.258 e. The third kappa shape index (κ3) is 5.41. The molecule has 2 N–H and O–H groups in total. The van der Waals surface area contributed by atoms with Crippen molar-refractivity contribution in [2.24, 2.45) is 0 Å². The van der Waals surface area contributed by atoms with Crippen molar-refractivity contribution in [3.05, 3.63) is 120 Å². The second kappa shape index (κ2) is 11.2. The Morgan fingerprint density at radius 3 is 2.05 bits per heavy atom. The highest BCUT2D eigenvalue weighted by molar-refractivity contribution is 7.80. The summed E-state index contributed by atoms with van der Waals surface area (Å²) < 4.78 is 0. The predicted octanol–water partition coefficient (Wildman–Crippen LogP) is 6.72. The van der Waals surface area contributed by atoms with Gasteiger partial charge in [0.25, 0.3) is 5.91 Å². The highest BCUT2D eigenvalue weighted by Gasteiger charge is 2.18. The molecule has 0 heterocycles. The third-order valence-corrected chi connectivity index (χ3v) is 6.70. The molecule has 0 aromatic heterocycles. The van der Waals surface area contributed by atoms with E-state index in [4.69, 9.17) is 12.2 Å². The Labute approximate surface area is 227 Å². The van der Waals surface area contributed by atoms with Gasteiger partial charge in [0.1, 0.15) is 0 Å². The van der Waals surface area contributed by atoms with Crippen molar-refractivity contribution in [2.75, 3.05) is 16.8 Å². The molecule has 0 saturated carbocycles. The molecule has 0 aliphatic heterocycles. The number of carbonyl (C=O) groups excluding carboxylic acids is 2. The fraction of sp³-hybridized carbons (Fsp3) is 0.0938. The molecule has 5 rings (SSSR count). The van der Waals surface area contributed by atoms with Crippen LogP contribution in [0.25, 0.3) is 21.5 Å². The average molecular weight is 518 g/mol. The predicted molar refractivity (Wildman–Crippen MR) is 160 cm³/mol. The van der Waals surface area contributed by atoms with Crippen LogP contribution in [-0.4, -0.2) is 23.5 Å². The molecule has 5 aromatic rings. The van der Waals surface area contributed by atoms with Gasteiger partial charge in [0.15, 0.2) is 5.11 Å². The Morgan fingerprint density at radius 2 is 1.34 bits per heavy atom. The third-order valence-electron chi connectivity index (χ3n) is 6.49. The number of fused-ring (bicyclic) bond motifs is 2. The number of carbonyl (C=O) groups is 2. The lowest BCUT2D eigenvalue weighted by Crippen LogP contribution is -2.35. The van der Waals surface area contributed by atoms with E-state index in [0.717, 1.165) is 32.8 Å². The zero-order valence-corrected chi connectivity index (χ0v) is 21.8. The number of amides is 2. The Bertz CT molecular complexity index is 1640. The summed E-state index contributed by atoms with van der Waals surface area (Å²) in [5.74, 6) is -0.277. The van der Waals surface area contributed by atoms with Crippen molar-refractivity contribution in [3.8, 4) is 0 Å². The van der Waals surface area contributed by atoms with Crippen molar-refractivity contribution >= 4 is 62.1 Å². The summed E-state index contributed by atoms with van der Waals surface area (Å²) in [5.41, 5.74) is 3.08. The van der Waals surface area contributed by atoms with E-state index in [2.05, 4.69) is 10.6 Å². The Balaban J connectivity index is 1.23. The molecule has 0 fully saturated rings. The van der Waals surface area contributed by atoms with Gasteiger partial charge in [-0.1, -0.05) is 78.9 Å². The summed E-state index contributed by atoms with van der Waals surface area (Å²) in [6.07, 6.45) is 0.220. The fourth-order valence-corrected chi connectivity index (χ4v) is 4.90. The van der Waals surface area contributed by atoms with Crippen LogP contribution in [0.1, 0.15) is 22.8 Å². The second-order valence-corrected chi connectivity index (χ2v) is 9.35. The Kier molecular flexibility index (Phi) is 7.43. The lowest BCUT2D eigenvalue weighted by Gasteiger charge is -2.23.